The van der Waals surface area contributed by atoms with Gasteiger partial charge in [0.1, 0.15) is 0 Å². The number of aromatic nitrogens is 2. The topological polar surface area (TPSA) is 81.1 Å². The number of hydrogen-bond donors (Lipinski definition) is 1. The lowest BCUT2D eigenvalue weighted by Gasteiger charge is -2.09. The highest BCUT2D eigenvalue weighted by atomic mass is 32.2. The SMILES string of the molecule is CCc1ccc(S(=O)(=O)NCCn2nc(-c3ccccc3)ccc2=O)cc1. The van der Waals surface area contributed by atoms with Crippen molar-refractivity contribution in [3.8, 4) is 11.3 Å². The Hall–Kier alpha value is -2.77. The van der Waals surface area contributed by atoms with Crippen LogP contribution in [-0.4, -0.2) is 24.7 Å². The molecule has 140 valence electrons. The number of nitrogens with one attached hydrogen (secondary N) is 1. The molecule has 0 spiro atoms. The van der Waals surface area contributed by atoms with Gasteiger partial charge in [0.05, 0.1) is 17.1 Å². The lowest BCUT2D eigenvalue weighted by atomic mass is 10.1. The van der Waals surface area contributed by atoms with Gasteiger partial charge in [-0.15, -0.1) is 0 Å². The van der Waals surface area contributed by atoms with Crippen LogP contribution < -0.4 is 10.3 Å². The van der Waals surface area contributed by atoms with Crippen LogP contribution in [0.2, 0.25) is 0 Å². The number of rotatable bonds is 7. The molecule has 0 atom stereocenters. The lowest BCUT2D eigenvalue weighted by Crippen LogP contribution is -2.32. The van der Waals surface area contributed by atoms with Crippen molar-refractivity contribution in [3.05, 3.63) is 82.6 Å². The van der Waals surface area contributed by atoms with Gasteiger partial charge in [0.25, 0.3) is 5.56 Å². The average molecular weight is 383 g/mol. The second-order valence-corrected chi connectivity index (χ2v) is 7.81. The molecule has 6 nitrogen and oxygen atoms in total. The molecule has 1 N–H and O–H groups in total. The van der Waals surface area contributed by atoms with Crippen LogP contribution >= 0.6 is 0 Å². The summed E-state index contributed by atoms with van der Waals surface area (Å²) in [6, 6.07) is 19.4. The molecule has 1 aromatic heterocycles. The van der Waals surface area contributed by atoms with E-state index in [9.17, 15) is 13.2 Å². The minimum absolute atomic E-state index is 0.0724. The molecule has 0 aliphatic rings. The Morgan fingerprint density at radius 3 is 2.33 bits per heavy atom. The fourth-order valence-corrected chi connectivity index (χ4v) is 3.67. The van der Waals surface area contributed by atoms with Crippen LogP contribution in [0.4, 0.5) is 0 Å². The van der Waals surface area contributed by atoms with Gasteiger partial charge in [-0.2, -0.15) is 5.10 Å². The second kappa shape index (κ2) is 8.28. The van der Waals surface area contributed by atoms with E-state index in [1.54, 1.807) is 30.3 Å². The highest BCUT2D eigenvalue weighted by Crippen LogP contribution is 2.14. The third kappa shape index (κ3) is 4.69. The quantitative estimate of drug-likeness (QED) is 0.680. The first-order valence-electron chi connectivity index (χ1n) is 8.72. The Balaban J connectivity index is 1.70. The zero-order valence-electron chi connectivity index (χ0n) is 15.0. The van der Waals surface area contributed by atoms with Crippen molar-refractivity contribution in [1.82, 2.24) is 14.5 Å². The molecule has 27 heavy (non-hydrogen) atoms. The normalized spacial score (nSPS) is 11.4. The summed E-state index contributed by atoms with van der Waals surface area (Å²) >= 11 is 0. The third-order valence-corrected chi connectivity index (χ3v) is 5.67. The van der Waals surface area contributed by atoms with Crippen LogP contribution in [-0.2, 0) is 23.0 Å². The Morgan fingerprint density at radius 1 is 0.963 bits per heavy atom. The van der Waals surface area contributed by atoms with E-state index in [0.717, 1.165) is 17.5 Å². The summed E-state index contributed by atoms with van der Waals surface area (Å²) in [6.07, 6.45) is 0.847. The minimum atomic E-state index is -3.62. The smallest absolute Gasteiger partial charge is 0.266 e. The summed E-state index contributed by atoms with van der Waals surface area (Å²) in [5.41, 5.74) is 2.35. The maximum atomic E-state index is 12.4. The maximum Gasteiger partial charge on any atom is 0.266 e. The summed E-state index contributed by atoms with van der Waals surface area (Å²) < 4.78 is 28.5. The minimum Gasteiger partial charge on any atom is -0.268 e. The Bertz CT molecular complexity index is 1060. The van der Waals surface area contributed by atoms with Crippen molar-refractivity contribution >= 4 is 10.0 Å². The van der Waals surface area contributed by atoms with E-state index < -0.39 is 10.0 Å². The van der Waals surface area contributed by atoms with Gasteiger partial charge in [0.15, 0.2) is 0 Å². The number of sulfonamides is 1. The van der Waals surface area contributed by atoms with Crippen molar-refractivity contribution in [2.45, 2.75) is 24.8 Å². The van der Waals surface area contributed by atoms with Crippen LogP contribution in [0.25, 0.3) is 11.3 Å². The molecule has 0 bridgehead atoms. The van der Waals surface area contributed by atoms with Crippen LogP contribution in [0, 0.1) is 0 Å². The summed E-state index contributed by atoms with van der Waals surface area (Å²) in [7, 11) is -3.62. The van der Waals surface area contributed by atoms with E-state index in [1.807, 2.05) is 37.3 Å². The third-order valence-electron chi connectivity index (χ3n) is 4.19. The molecule has 3 rings (SSSR count). The van der Waals surface area contributed by atoms with Gasteiger partial charge in [0.2, 0.25) is 10.0 Å². The number of hydrogen-bond acceptors (Lipinski definition) is 4. The van der Waals surface area contributed by atoms with Gasteiger partial charge in [0, 0.05) is 18.2 Å². The van der Waals surface area contributed by atoms with Crippen molar-refractivity contribution in [3.63, 3.8) is 0 Å². The molecular weight excluding hydrogens is 362 g/mol. The second-order valence-electron chi connectivity index (χ2n) is 6.04. The zero-order chi connectivity index (χ0) is 19.3. The molecule has 0 amide bonds. The molecular formula is C20H21N3O3S. The summed E-state index contributed by atoms with van der Waals surface area (Å²) in [6.45, 7) is 2.23. The van der Waals surface area contributed by atoms with Gasteiger partial charge in [-0.1, -0.05) is 49.4 Å². The highest BCUT2D eigenvalue weighted by molar-refractivity contribution is 7.89. The predicted octanol–water partition coefficient (Wildman–Crippen LogP) is 2.45. The van der Waals surface area contributed by atoms with E-state index >= 15 is 0 Å². The molecule has 2 aromatic carbocycles. The maximum absolute atomic E-state index is 12.4. The molecule has 1 heterocycles. The van der Waals surface area contributed by atoms with Crippen LogP contribution in [0.15, 0.2) is 76.4 Å². The monoisotopic (exact) mass is 383 g/mol. The predicted molar refractivity (Wildman–Crippen MR) is 105 cm³/mol. The fourth-order valence-electron chi connectivity index (χ4n) is 2.65. The molecule has 0 unspecified atom stereocenters. The molecule has 7 heteroatoms. The first kappa shape index (κ1) is 19.0. The van der Waals surface area contributed by atoms with Gasteiger partial charge in [-0.05, 0) is 30.2 Å². The first-order chi connectivity index (χ1) is 13.0. The fraction of sp³-hybridized carbons (Fsp3) is 0.200. The molecule has 0 fully saturated rings. The van der Waals surface area contributed by atoms with Crippen LogP contribution in [0.1, 0.15) is 12.5 Å². The van der Waals surface area contributed by atoms with Gasteiger partial charge in [-0.3, -0.25) is 4.79 Å². The largest absolute Gasteiger partial charge is 0.268 e. The van der Waals surface area contributed by atoms with E-state index in [2.05, 4.69) is 9.82 Å². The van der Waals surface area contributed by atoms with Gasteiger partial charge < -0.3 is 0 Å². The molecule has 0 aliphatic carbocycles. The first-order valence-corrected chi connectivity index (χ1v) is 10.2. The molecule has 0 saturated heterocycles. The van der Waals surface area contributed by atoms with Gasteiger partial charge >= 0.3 is 0 Å². The standard InChI is InChI=1S/C20H21N3O3S/c1-2-16-8-10-18(11-9-16)27(25,26)21-14-15-23-20(24)13-12-19(22-23)17-6-4-3-5-7-17/h3-13,21H,2,14-15H2,1H3. The molecule has 3 aromatic rings. The van der Waals surface area contributed by atoms with Crippen LogP contribution in [0.3, 0.4) is 0 Å². The number of nitrogens with zero attached hydrogens (tertiary/aromatic N) is 2. The van der Waals surface area contributed by atoms with Crippen molar-refractivity contribution < 1.29 is 8.42 Å². The Kier molecular flexibility index (Phi) is 5.83. The molecule has 0 aliphatic heterocycles. The van der Waals surface area contributed by atoms with E-state index in [-0.39, 0.29) is 23.5 Å². The zero-order valence-corrected chi connectivity index (χ0v) is 15.8. The van der Waals surface area contributed by atoms with Crippen molar-refractivity contribution in [2.24, 2.45) is 0 Å². The lowest BCUT2D eigenvalue weighted by molar-refractivity contribution is 0.548. The molecule has 0 saturated carbocycles. The van der Waals surface area contributed by atoms with E-state index in [4.69, 9.17) is 0 Å². The van der Waals surface area contributed by atoms with E-state index in [1.165, 1.54) is 10.7 Å². The molecule has 0 radical (unpaired) electrons. The van der Waals surface area contributed by atoms with Crippen molar-refractivity contribution in [1.29, 1.82) is 0 Å². The number of aryl methyl sites for hydroxylation is 1. The van der Waals surface area contributed by atoms with Crippen molar-refractivity contribution in [2.75, 3.05) is 6.54 Å². The van der Waals surface area contributed by atoms with Gasteiger partial charge in [-0.25, -0.2) is 17.8 Å². The Morgan fingerprint density at radius 2 is 1.67 bits per heavy atom. The Labute approximate surface area is 158 Å². The summed E-state index contributed by atoms with van der Waals surface area (Å²) in [5, 5.41) is 4.33. The summed E-state index contributed by atoms with van der Waals surface area (Å²) in [5.74, 6) is 0. The van der Waals surface area contributed by atoms with E-state index in [0.29, 0.717) is 5.69 Å². The highest BCUT2D eigenvalue weighted by Gasteiger charge is 2.13. The average Bonchev–Trinajstić information content (AvgIpc) is 2.70. The number of benzene rings is 2. The summed E-state index contributed by atoms with van der Waals surface area (Å²) in [4.78, 5) is 12.2. The van der Waals surface area contributed by atoms with Crippen LogP contribution in [0.5, 0.6) is 0 Å².